The van der Waals surface area contributed by atoms with Gasteiger partial charge in [-0.1, -0.05) is 24.3 Å². The molecule has 0 spiro atoms. The fourth-order valence-electron chi connectivity index (χ4n) is 2.49. The Hall–Kier alpha value is -2.17. The number of amides is 4. The molecule has 0 aliphatic carbocycles. The quantitative estimate of drug-likeness (QED) is 0.616. The van der Waals surface area contributed by atoms with Crippen molar-refractivity contribution in [3.05, 3.63) is 35.4 Å². The monoisotopic (exact) mass is 288 g/mol. The van der Waals surface area contributed by atoms with Crippen molar-refractivity contribution in [3.63, 3.8) is 0 Å². The summed E-state index contributed by atoms with van der Waals surface area (Å²) in [5, 5.41) is 0. The minimum atomic E-state index is -0.717. The highest BCUT2D eigenvalue weighted by Crippen LogP contribution is 2.17. The number of aryl methyl sites for hydroxylation is 2. The molecular formula is C16H20N2O3. The topological polar surface area (TPSA) is 57.7 Å². The fourth-order valence-corrected chi connectivity index (χ4v) is 2.49. The summed E-state index contributed by atoms with van der Waals surface area (Å²) in [6.07, 6.45) is 1.43. The van der Waals surface area contributed by atoms with Gasteiger partial charge in [0.15, 0.2) is 0 Å². The number of benzene rings is 1. The van der Waals surface area contributed by atoms with Crippen LogP contribution in [-0.4, -0.2) is 40.2 Å². The maximum absolute atomic E-state index is 12.1. The summed E-state index contributed by atoms with van der Waals surface area (Å²) in [7, 11) is 0. The molecule has 0 N–H and O–H groups in total. The molecule has 21 heavy (non-hydrogen) atoms. The average Bonchev–Trinajstić information content (AvgIpc) is 2.64. The molecule has 112 valence electrons. The van der Waals surface area contributed by atoms with E-state index in [1.54, 1.807) is 13.8 Å². The summed E-state index contributed by atoms with van der Waals surface area (Å²) in [5.74, 6) is -1.43. The molecule has 1 aliphatic rings. The molecule has 0 bridgehead atoms. The molecule has 4 amide bonds. The minimum Gasteiger partial charge on any atom is -0.263 e. The van der Waals surface area contributed by atoms with Crippen LogP contribution in [0.15, 0.2) is 24.3 Å². The van der Waals surface area contributed by atoms with Gasteiger partial charge in [0.25, 0.3) is 0 Å². The zero-order valence-corrected chi connectivity index (χ0v) is 12.6. The normalized spacial score (nSPS) is 15.5. The van der Waals surface area contributed by atoms with E-state index < -0.39 is 17.8 Å². The van der Waals surface area contributed by atoms with Crippen LogP contribution in [0.4, 0.5) is 4.79 Å². The van der Waals surface area contributed by atoms with Gasteiger partial charge < -0.3 is 0 Å². The zero-order chi connectivity index (χ0) is 15.6. The molecule has 1 aromatic rings. The van der Waals surface area contributed by atoms with Crippen molar-refractivity contribution in [2.45, 2.75) is 39.7 Å². The van der Waals surface area contributed by atoms with Gasteiger partial charge in [-0.2, -0.15) is 0 Å². The third-order valence-electron chi connectivity index (χ3n) is 3.69. The highest BCUT2D eigenvalue weighted by atomic mass is 16.2. The van der Waals surface area contributed by atoms with Gasteiger partial charge in [0, 0.05) is 12.6 Å². The first-order chi connectivity index (χ1) is 9.93. The summed E-state index contributed by atoms with van der Waals surface area (Å²) in [6.45, 7) is 5.76. The molecule has 1 fully saturated rings. The second-order valence-electron chi connectivity index (χ2n) is 5.54. The van der Waals surface area contributed by atoms with Crippen LogP contribution in [0.25, 0.3) is 0 Å². The molecule has 0 aromatic heterocycles. The largest absolute Gasteiger partial charge is 0.334 e. The van der Waals surface area contributed by atoms with Gasteiger partial charge in [0.05, 0.1) is 0 Å². The van der Waals surface area contributed by atoms with Gasteiger partial charge in [0.2, 0.25) is 0 Å². The van der Waals surface area contributed by atoms with Crippen LogP contribution in [0, 0.1) is 6.92 Å². The predicted molar refractivity (Wildman–Crippen MR) is 78.6 cm³/mol. The summed E-state index contributed by atoms with van der Waals surface area (Å²) in [5.41, 5.74) is 2.39. The molecule has 0 saturated carbocycles. The molecule has 1 saturated heterocycles. The number of urea groups is 1. The summed E-state index contributed by atoms with van der Waals surface area (Å²) < 4.78 is 0. The first kappa shape index (κ1) is 15.2. The summed E-state index contributed by atoms with van der Waals surface area (Å²) >= 11 is 0. The van der Waals surface area contributed by atoms with Crippen LogP contribution in [0.3, 0.4) is 0 Å². The van der Waals surface area contributed by atoms with Crippen molar-refractivity contribution in [1.29, 1.82) is 0 Å². The third-order valence-corrected chi connectivity index (χ3v) is 3.69. The molecule has 2 rings (SSSR count). The minimum absolute atomic E-state index is 0.279. The van der Waals surface area contributed by atoms with Crippen molar-refractivity contribution in [2.75, 3.05) is 6.54 Å². The maximum atomic E-state index is 12.1. The number of carbonyl (C=O) groups excluding carboxylic acids is 3. The van der Waals surface area contributed by atoms with E-state index in [1.165, 1.54) is 11.1 Å². The van der Waals surface area contributed by atoms with Gasteiger partial charge >= 0.3 is 17.8 Å². The van der Waals surface area contributed by atoms with Crippen LogP contribution in [0.5, 0.6) is 0 Å². The molecule has 1 heterocycles. The van der Waals surface area contributed by atoms with Crippen molar-refractivity contribution < 1.29 is 14.4 Å². The van der Waals surface area contributed by atoms with Crippen LogP contribution in [-0.2, 0) is 16.0 Å². The summed E-state index contributed by atoms with van der Waals surface area (Å²) in [6, 6.07) is 7.23. The zero-order valence-electron chi connectivity index (χ0n) is 12.6. The van der Waals surface area contributed by atoms with Gasteiger partial charge in [-0.3, -0.25) is 19.4 Å². The number of rotatable bonds is 5. The van der Waals surface area contributed by atoms with Crippen LogP contribution in [0.1, 0.15) is 31.4 Å². The standard InChI is InChI=1S/C16H20N2O3/c1-11(2)18-15(20)14(19)17(16(18)21)10-6-9-13-8-5-4-7-12(13)3/h4-5,7-8,11H,6,9-10H2,1-3H3. The van der Waals surface area contributed by atoms with Crippen LogP contribution < -0.4 is 0 Å². The number of nitrogens with zero attached hydrogens (tertiary/aromatic N) is 2. The molecule has 0 unspecified atom stereocenters. The van der Waals surface area contributed by atoms with Crippen molar-refractivity contribution >= 4 is 17.8 Å². The van der Waals surface area contributed by atoms with Gasteiger partial charge in [-0.25, -0.2) is 4.79 Å². The SMILES string of the molecule is Cc1ccccc1CCCN1C(=O)C(=O)N(C(C)C)C1=O. The van der Waals surface area contributed by atoms with Crippen LogP contribution in [0.2, 0.25) is 0 Å². The van der Waals surface area contributed by atoms with Crippen molar-refractivity contribution in [1.82, 2.24) is 9.80 Å². The Morgan fingerprint density at radius 2 is 1.71 bits per heavy atom. The van der Waals surface area contributed by atoms with Crippen molar-refractivity contribution in [2.24, 2.45) is 0 Å². The average molecular weight is 288 g/mol. The Morgan fingerprint density at radius 3 is 2.29 bits per heavy atom. The fraction of sp³-hybridized carbons (Fsp3) is 0.438. The lowest BCUT2D eigenvalue weighted by atomic mass is 10.0. The van der Waals surface area contributed by atoms with E-state index in [0.29, 0.717) is 6.42 Å². The van der Waals surface area contributed by atoms with E-state index in [-0.39, 0.29) is 12.6 Å². The van der Waals surface area contributed by atoms with Crippen molar-refractivity contribution in [3.8, 4) is 0 Å². The Kier molecular flexibility index (Phi) is 4.40. The number of carbonyl (C=O) groups is 3. The maximum Gasteiger partial charge on any atom is 0.334 e. The number of hydrogen-bond donors (Lipinski definition) is 0. The molecule has 0 atom stereocenters. The Balaban J connectivity index is 1.98. The molecule has 0 radical (unpaired) electrons. The van der Waals surface area contributed by atoms with Gasteiger partial charge in [0.1, 0.15) is 0 Å². The number of imide groups is 2. The van der Waals surface area contributed by atoms with E-state index >= 15 is 0 Å². The van der Waals surface area contributed by atoms with E-state index in [2.05, 4.69) is 0 Å². The second-order valence-corrected chi connectivity index (χ2v) is 5.54. The lowest BCUT2D eigenvalue weighted by Gasteiger charge is -2.18. The summed E-state index contributed by atoms with van der Waals surface area (Å²) in [4.78, 5) is 37.8. The second kappa shape index (κ2) is 6.08. The van der Waals surface area contributed by atoms with E-state index in [1.807, 2.05) is 31.2 Å². The van der Waals surface area contributed by atoms with Gasteiger partial charge in [-0.05, 0) is 44.7 Å². The Morgan fingerprint density at radius 1 is 1.05 bits per heavy atom. The molecule has 1 aliphatic heterocycles. The Bertz CT molecular complexity index is 581. The molecule has 1 aromatic carbocycles. The lowest BCUT2D eigenvalue weighted by Crippen LogP contribution is -2.38. The first-order valence-corrected chi connectivity index (χ1v) is 7.17. The van der Waals surface area contributed by atoms with E-state index in [4.69, 9.17) is 0 Å². The smallest absolute Gasteiger partial charge is 0.263 e. The first-order valence-electron chi connectivity index (χ1n) is 7.17. The third kappa shape index (κ3) is 2.96. The lowest BCUT2D eigenvalue weighted by molar-refractivity contribution is -0.143. The highest BCUT2D eigenvalue weighted by molar-refractivity contribution is 6.44. The Labute approximate surface area is 124 Å². The number of hydrogen-bond acceptors (Lipinski definition) is 3. The molecular weight excluding hydrogens is 268 g/mol. The van der Waals surface area contributed by atoms with Gasteiger partial charge in [-0.15, -0.1) is 0 Å². The van der Waals surface area contributed by atoms with E-state index in [0.717, 1.165) is 16.2 Å². The highest BCUT2D eigenvalue weighted by Gasteiger charge is 2.45. The molecule has 5 heteroatoms. The van der Waals surface area contributed by atoms with Crippen LogP contribution >= 0.6 is 0 Å². The molecule has 5 nitrogen and oxygen atoms in total. The predicted octanol–water partition coefficient (Wildman–Crippen LogP) is 2.13. The van der Waals surface area contributed by atoms with E-state index in [9.17, 15) is 14.4 Å².